The van der Waals surface area contributed by atoms with Crippen molar-refractivity contribution >= 4 is 0 Å². The second-order valence-corrected chi connectivity index (χ2v) is 3.58. The molecule has 0 aliphatic heterocycles. The first-order valence-electron chi connectivity index (χ1n) is 4.56. The first-order valence-corrected chi connectivity index (χ1v) is 4.56. The van der Waals surface area contributed by atoms with E-state index in [0.717, 1.165) is 12.8 Å². The van der Waals surface area contributed by atoms with E-state index < -0.39 is 0 Å². The molecule has 0 aromatic rings. The van der Waals surface area contributed by atoms with Gasteiger partial charge in [-0.2, -0.15) is 0 Å². The standard InChI is InChI=1S/C11H16O/c1-3-4-7-10-9(2)6-5-8-11(10)12/h1,4,7,9-12H,5-6,8H2,2H3. The highest BCUT2D eigenvalue weighted by atomic mass is 16.3. The van der Waals surface area contributed by atoms with Gasteiger partial charge in [0.2, 0.25) is 0 Å². The number of hydrogen-bond donors (Lipinski definition) is 1. The molecule has 1 saturated carbocycles. The molecule has 1 N–H and O–H groups in total. The van der Waals surface area contributed by atoms with Crippen LogP contribution >= 0.6 is 0 Å². The summed E-state index contributed by atoms with van der Waals surface area (Å²) in [4.78, 5) is 0. The maximum atomic E-state index is 9.65. The minimum Gasteiger partial charge on any atom is -0.393 e. The number of hydrogen-bond acceptors (Lipinski definition) is 1. The van der Waals surface area contributed by atoms with Crippen LogP contribution in [0.5, 0.6) is 0 Å². The molecule has 1 aliphatic carbocycles. The van der Waals surface area contributed by atoms with Crippen LogP contribution in [0.3, 0.4) is 0 Å². The predicted molar refractivity (Wildman–Crippen MR) is 50.5 cm³/mol. The van der Waals surface area contributed by atoms with Crippen molar-refractivity contribution in [3.63, 3.8) is 0 Å². The molecule has 12 heavy (non-hydrogen) atoms. The van der Waals surface area contributed by atoms with Gasteiger partial charge in [0, 0.05) is 5.92 Å². The average molecular weight is 164 g/mol. The molecule has 1 aliphatic rings. The first kappa shape index (κ1) is 9.35. The van der Waals surface area contributed by atoms with Gasteiger partial charge in [0.25, 0.3) is 0 Å². The number of aliphatic hydroxyl groups is 1. The molecular formula is C11H16O. The average Bonchev–Trinajstić information content (AvgIpc) is 2.04. The fourth-order valence-corrected chi connectivity index (χ4v) is 1.90. The van der Waals surface area contributed by atoms with Crippen molar-refractivity contribution in [2.75, 3.05) is 0 Å². The normalized spacial score (nSPS) is 36.6. The van der Waals surface area contributed by atoms with Crippen molar-refractivity contribution in [2.24, 2.45) is 11.8 Å². The smallest absolute Gasteiger partial charge is 0.0605 e. The minimum absolute atomic E-state index is 0.182. The molecule has 0 aromatic carbocycles. The Morgan fingerprint density at radius 3 is 2.83 bits per heavy atom. The lowest BCUT2D eigenvalue weighted by Crippen LogP contribution is -2.29. The second-order valence-electron chi connectivity index (χ2n) is 3.58. The van der Waals surface area contributed by atoms with Crippen LogP contribution < -0.4 is 0 Å². The highest BCUT2D eigenvalue weighted by molar-refractivity contribution is 5.11. The Balaban J connectivity index is 2.58. The third kappa shape index (κ3) is 2.12. The Morgan fingerprint density at radius 1 is 1.50 bits per heavy atom. The van der Waals surface area contributed by atoms with E-state index >= 15 is 0 Å². The fourth-order valence-electron chi connectivity index (χ4n) is 1.90. The topological polar surface area (TPSA) is 20.2 Å². The molecule has 3 atom stereocenters. The highest BCUT2D eigenvalue weighted by Crippen LogP contribution is 2.30. The zero-order valence-electron chi connectivity index (χ0n) is 7.53. The zero-order valence-corrected chi connectivity index (χ0v) is 7.53. The molecule has 0 spiro atoms. The van der Waals surface area contributed by atoms with Crippen molar-refractivity contribution in [1.29, 1.82) is 0 Å². The van der Waals surface area contributed by atoms with Gasteiger partial charge >= 0.3 is 0 Å². The van der Waals surface area contributed by atoms with Crippen molar-refractivity contribution in [3.05, 3.63) is 12.2 Å². The van der Waals surface area contributed by atoms with E-state index in [1.165, 1.54) is 6.42 Å². The lowest BCUT2D eigenvalue weighted by molar-refractivity contribution is 0.0636. The van der Waals surface area contributed by atoms with Gasteiger partial charge < -0.3 is 5.11 Å². The molecule has 0 aromatic heterocycles. The maximum absolute atomic E-state index is 9.65. The zero-order chi connectivity index (χ0) is 8.97. The molecule has 0 amide bonds. The Labute approximate surface area is 74.5 Å². The van der Waals surface area contributed by atoms with E-state index in [1.807, 2.05) is 6.08 Å². The monoisotopic (exact) mass is 164 g/mol. The molecular weight excluding hydrogens is 148 g/mol. The summed E-state index contributed by atoms with van der Waals surface area (Å²) in [5, 5.41) is 9.65. The van der Waals surface area contributed by atoms with E-state index in [9.17, 15) is 5.11 Å². The van der Waals surface area contributed by atoms with E-state index in [0.29, 0.717) is 5.92 Å². The summed E-state index contributed by atoms with van der Waals surface area (Å²) in [5.41, 5.74) is 0. The van der Waals surface area contributed by atoms with Crippen molar-refractivity contribution in [1.82, 2.24) is 0 Å². The van der Waals surface area contributed by atoms with Crippen LogP contribution in [-0.2, 0) is 0 Å². The first-order chi connectivity index (χ1) is 5.75. The summed E-state index contributed by atoms with van der Waals surface area (Å²) in [5.74, 6) is 3.31. The van der Waals surface area contributed by atoms with Crippen LogP contribution in [0.15, 0.2) is 12.2 Å². The molecule has 1 nitrogen and oxygen atoms in total. The third-order valence-corrected chi connectivity index (χ3v) is 2.68. The van der Waals surface area contributed by atoms with Gasteiger partial charge in [0.05, 0.1) is 6.10 Å². The van der Waals surface area contributed by atoms with Gasteiger partial charge in [-0.1, -0.05) is 25.3 Å². The highest BCUT2D eigenvalue weighted by Gasteiger charge is 2.26. The van der Waals surface area contributed by atoms with Gasteiger partial charge in [-0.05, 0) is 24.8 Å². The maximum Gasteiger partial charge on any atom is 0.0605 e. The number of terminal acetylenes is 1. The fraction of sp³-hybridized carbons (Fsp3) is 0.636. The summed E-state index contributed by atoms with van der Waals surface area (Å²) in [6.07, 6.45) is 11.9. The molecule has 0 saturated heterocycles. The number of aliphatic hydroxyl groups excluding tert-OH is 1. The summed E-state index contributed by atoms with van der Waals surface area (Å²) in [6, 6.07) is 0. The molecule has 1 rings (SSSR count). The Morgan fingerprint density at radius 2 is 2.25 bits per heavy atom. The molecule has 0 radical (unpaired) electrons. The molecule has 1 fully saturated rings. The van der Waals surface area contributed by atoms with Crippen LogP contribution in [0.1, 0.15) is 26.2 Å². The van der Waals surface area contributed by atoms with Crippen molar-refractivity contribution in [3.8, 4) is 12.3 Å². The molecule has 66 valence electrons. The van der Waals surface area contributed by atoms with Gasteiger partial charge in [0.1, 0.15) is 0 Å². The number of rotatable bonds is 1. The van der Waals surface area contributed by atoms with Gasteiger partial charge in [0.15, 0.2) is 0 Å². The minimum atomic E-state index is -0.182. The molecule has 1 heteroatoms. The van der Waals surface area contributed by atoms with Crippen LogP contribution in [-0.4, -0.2) is 11.2 Å². The summed E-state index contributed by atoms with van der Waals surface area (Å²) in [7, 11) is 0. The lowest BCUT2D eigenvalue weighted by atomic mass is 9.78. The van der Waals surface area contributed by atoms with Crippen LogP contribution in [0.2, 0.25) is 0 Å². The van der Waals surface area contributed by atoms with Crippen molar-refractivity contribution < 1.29 is 5.11 Å². The van der Waals surface area contributed by atoms with E-state index in [2.05, 4.69) is 12.8 Å². The Bertz CT molecular complexity index is 190. The van der Waals surface area contributed by atoms with E-state index in [-0.39, 0.29) is 12.0 Å². The van der Waals surface area contributed by atoms with Crippen LogP contribution in [0.4, 0.5) is 0 Å². The van der Waals surface area contributed by atoms with Crippen LogP contribution in [0, 0.1) is 24.2 Å². The second kappa shape index (κ2) is 4.33. The Hall–Kier alpha value is -0.740. The predicted octanol–water partition coefficient (Wildman–Crippen LogP) is 1.97. The quantitative estimate of drug-likeness (QED) is 0.587. The van der Waals surface area contributed by atoms with Gasteiger partial charge in [-0.15, -0.1) is 6.42 Å². The summed E-state index contributed by atoms with van der Waals surface area (Å²) < 4.78 is 0. The van der Waals surface area contributed by atoms with E-state index in [4.69, 9.17) is 6.42 Å². The molecule has 3 unspecified atom stereocenters. The molecule has 0 heterocycles. The largest absolute Gasteiger partial charge is 0.393 e. The van der Waals surface area contributed by atoms with Crippen LogP contribution in [0.25, 0.3) is 0 Å². The summed E-state index contributed by atoms with van der Waals surface area (Å²) in [6.45, 7) is 2.17. The van der Waals surface area contributed by atoms with Gasteiger partial charge in [-0.25, -0.2) is 0 Å². The molecule has 0 bridgehead atoms. The summed E-state index contributed by atoms with van der Waals surface area (Å²) >= 11 is 0. The SMILES string of the molecule is C#CC=CC1C(C)CCCC1O. The van der Waals surface area contributed by atoms with Gasteiger partial charge in [-0.3, -0.25) is 0 Å². The lowest BCUT2D eigenvalue weighted by Gasteiger charge is -2.30. The Kier molecular flexibility index (Phi) is 3.37. The third-order valence-electron chi connectivity index (χ3n) is 2.68. The van der Waals surface area contributed by atoms with E-state index in [1.54, 1.807) is 6.08 Å². The van der Waals surface area contributed by atoms with Crippen molar-refractivity contribution in [2.45, 2.75) is 32.3 Å². The number of allylic oxidation sites excluding steroid dienone is 1.